The number of carbonyl (C=O) groups is 1. The minimum Gasteiger partial charge on any atom is -0.496 e. The van der Waals surface area contributed by atoms with Crippen molar-refractivity contribution in [2.45, 2.75) is 12.6 Å². The molecular formula is C10H9F3O2. The molecule has 0 aromatic heterocycles. The van der Waals surface area contributed by atoms with E-state index in [4.69, 9.17) is 0 Å². The highest BCUT2D eigenvalue weighted by molar-refractivity contribution is 5.56. The maximum Gasteiger partial charge on any atom is 0.419 e. The van der Waals surface area contributed by atoms with Crippen LogP contribution in [0, 0.1) is 0 Å². The predicted molar refractivity (Wildman–Crippen MR) is 47.8 cm³/mol. The van der Waals surface area contributed by atoms with Gasteiger partial charge in [0, 0.05) is 6.42 Å². The molecule has 0 amide bonds. The number of rotatable bonds is 3. The van der Waals surface area contributed by atoms with Gasteiger partial charge in [-0.2, -0.15) is 13.2 Å². The zero-order chi connectivity index (χ0) is 11.5. The van der Waals surface area contributed by atoms with E-state index in [1.807, 2.05) is 0 Å². The fourth-order valence-corrected chi connectivity index (χ4v) is 1.20. The lowest BCUT2D eigenvalue weighted by atomic mass is 10.1. The van der Waals surface area contributed by atoms with Crippen molar-refractivity contribution < 1.29 is 22.7 Å². The quantitative estimate of drug-likeness (QED) is 0.728. The van der Waals surface area contributed by atoms with Gasteiger partial charge in [0.05, 0.1) is 12.7 Å². The smallest absolute Gasteiger partial charge is 0.419 e. The fourth-order valence-electron chi connectivity index (χ4n) is 1.20. The third kappa shape index (κ3) is 2.71. The zero-order valence-electron chi connectivity index (χ0n) is 7.97. The van der Waals surface area contributed by atoms with E-state index in [-0.39, 0.29) is 12.2 Å². The Bertz CT molecular complexity index is 358. The van der Waals surface area contributed by atoms with Gasteiger partial charge < -0.3 is 9.53 Å². The lowest BCUT2D eigenvalue weighted by Gasteiger charge is -2.12. The Morgan fingerprint density at radius 1 is 1.40 bits per heavy atom. The molecule has 0 N–H and O–H groups in total. The first-order chi connectivity index (χ1) is 6.99. The SMILES string of the molecule is COc1ccc(CC=O)cc1C(F)(F)F. The Kier molecular flexibility index (Phi) is 3.34. The van der Waals surface area contributed by atoms with Gasteiger partial charge in [-0.25, -0.2) is 0 Å². The van der Waals surface area contributed by atoms with Crippen molar-refractivity contribution in [3.8, 4) is 5.75 Å². The van der Waals surface area contributed by atoms with E-state index < -0.39 is 11.7 Å². The number of methoxy groups -OCH3 is 1. The molecule has 1 aromatic rings. The second kappa shape index (κ2) is 4.33. The Hall–Kier alpha value is -1.52. The van der Waals surface area contributed by atoms with Crippen LogP contribution in [-0.4, -0.2) is 13.4 Å². The van der Waals surface area contributed by atoms with Crippen LogP contribution >= 0.6 is 0 Å². The molecule has 0 aliphatic heterocycles. The monoisotopic (exact) mass is 218 g/mol. The second-order valence-electron chi connectivity index (χ2n) is 2.90. The number of hydrogen-bond donors (Lipinski definition) is 0. The molecule has 82 valence electrons. The molecule has 0 saturated carbocycles. The molecule has 0 aliphatic rings. The standard InChI is InChI=1S/C10H9F3O2/c1-15-9-3-2-7(4-5-14)6-8(9)10(11,12)13/h2-3,5-6H,4H2,1H3. The third-order valence-corrected chi connectivity index (χ3v) is 1.89. The highest BCUT2D eigenvalue weighted by atomic mass is 19.4. The predicted octanol–water partition coefficient (Wildman–Crippen LogP) is 2.46. The zero-order valence-corrected chi connectivity index (χ0v) is 7.97. The van der Waals surface area contributed by atoms with Gasteiger partial charge in [-0.1, -0.05) is 6.07 Å². The summed E-state index contributed by atoms with van der Waals surface area (Å²) in [6.07, 6.45) is -3.95. The number of hydrogen-bond acceptors (Lipinski definition) is 2. The molecule has 0 aliphatic carbocycles. The first-order valence-corrected chi connectivity index (χ1v) is 4.16. The second-order valence-corrected chi connectivity index (χ2v) is 2.90. The summed E-state index contributed by atoms with van der Waals surface area (Å²) in [6, 6.07) is 3.57. The van der Waals surface area contributed by atoms with E-state index in [0.29, 0.717) is 11.8 Å². The maximum atomic E-state index is 12.5. The van der Waals surface area contributed by atoms with E-state index in [2.05, 4.69) is 4.74 Å². The summed E-state index contributed by atoms with van der Waals surface area (Å²) in [4.78, 5) is 10.2. The molecule has 0 bridgehead atoms. The van der Waals surface area contributed by atoms with Crippen LogP contribution in [0.15, 0.2) is 18.2 Å². The van der Waals surface area contributed by atoms with E-state index in [9.17, 15) is 18.0 Å². The van der Waals surface area contributed by atoms with Gasteiger partial charge in [0.25, 0.3) is 0 Å². The van der Waals surface area contributed by atoms with Gasteiger partial charge in [0.2, 0.25) is 0 Å². The molecule has 0 fully saturated rings. The number of halogens is 3. The summed E-state index contributed by atoms with van der Waals surface area (Å²) in [6.45, 7) is 0. The Morgan fingerprint density at radius 2 is 2.07 bits per heavy atom. The molecule has 2 nitrogen and oxygen atoms in total. The summed E-state index contributed by atoms with van der Waals surface area (Å²) in [5.41, 5.74) is -0.539. The Labute approximate surface area is 84.7 Å². The maximum absolute atomic E-state index is 12.5. The van der Waals surface area contributed by atoms with Gasteiger partial charge in [-0.3, -0.25) is 0 Å². The first kappa shape index (κ1) is 11.6. The molecule has 0 atom stereocenters. The lowest BCUT2D eigenvalue weighted by Crippen LogP contribution is -2.08. The molecular weight excluding hydrogens is 209 g/mol. The first-order valence-electron chi connectivity index (χ1n) is 4.16. The number of alkyl halides is 3. The largest absolute Gasteiger partial charge is 0.496 e. The van der Waals surface area contributed by atoms with Gasteiger partial charge in [-0.05, 0) is 17.7 Å². The van der Waals surface area contributed by atoms with Crippen LogP contribution in [0.2, 0.25) is 0 Å². The summed E-state index contributed by atoms with van der Waals surface area (Å²) in [7, 11) is 1.17. The minimum atomic E-state index is -4.47. The van der Waals surface area contributed by atoms with Crippen LogP contribution in [0.3, 0.4) is 0 Å². The molecule has 5 heteroatoms. The molecule has 15 heavy (non-hydrogen) atoms. The van der Waals surface area contributed by atoms with Crippen molar-refractivity contribution in [3.05, 3.63) is 29.3 Å². The van der Waals surface area contributed by atoms with Crippen LogP contribution in [0.25, 0.3) is 0 Å². The lowest BCUT2D eigenvalue weighted by molar-refractivity contribution is -0.138. The van der Waals surface area contributed by atoms with E-state index in [1.165, 1.54) is 19.2 Å². The highest BCUT2D eigenvalue weighted by Crippen LogP contribution is 2.36. The van der Waals surface area contributed by atoms with Crippen LogP contribution in [0.5, 0.6) is 5.75 Å². The van der Waals surface area contributed by atoms with Crippen molar-refractivity contribution in [3.63, 3.8) is 0 Å². The van der Waals surface area contributed by atoms with Crippen molar-refractivity contribution >= 4 is 6.29 Å². The van der Waals surface area contributed by atoms with Crippen molar-refractivity contribution in [1.82, 2.24) is 0 Å². The number of ether oxygens (including phenoxy) is 1. The number of carbonyl (C=O) groups excluding carboxylic acids is 1. The minimum absolute atomic E-state index is 0.0346. The summed E-state index contributed by atoms with van der Waals surface area (Å²) < 4.78 is 42.1. The highest BCUT2D eigenvalue weighted by Gasteiger charge is 2.34. The molecule has 1 rings (SSSR count). The van der Waals surface area contributed by atoms with Crippen LogP contribution in [-0.2, 0) is 17.4 Å². The van der Waals surface area contributed by atoms with Crippen molar-refractivity contribution in [2.75, 3.05) is 7.11 Å². The average molecular weight is 218 g/mol. The van der Waals surface area contributed by atoms with E-state index in [1.54, 1.807) is 0 Å². The Balaban J connectivity index is 3.19. The molecule has 0 heterocycles. The Morgan fingerprint density at radius 3 is 2.53 bits per heavy atom. The van der Waals surface area contributed by atoms with Crippen molar-refractivity contribution in [1.29, 1.82) is 0 Å². The van der Waals surface area contributed by atoms with Crippen LogP contribution < -0.4 is 4.74 Å². The van der Waals surface area contributed by atoms with Gasteiger partial charge in [0.1, 0.15) is 12.0 Å². The van der Waals surface area contributed by atoms with E-state index in [0.717, 1.165) is 6.07 Å². The molecule has 0 saturated heterocycles. The molecule has 0 unspecified atom stereocenters. The topological polar surface area (TPSA) is 26.3 Å². The number of aldehydes is 1. The average Bonchev–Trinajstić information content (AvgIpc) is 2.17. The third-order valence-electron chi connectivity index (χ3n) is 1.89. The summed E-state index contributed by atoms with van der Waals surface area (Å²) in [5.74, 6) is -0.239. The van der Waals surface area contributed by atoms with Gasteiger partial charge >= 0.3 is 6.18 Å². The van der Waals surface area contributed by atoms with Gasteiger partial charge in [0.15, 0.2) is 0 Å². The van der Waals surface area contributed by atoms with Crippen molar-refractivity contribution in [2.24, 2.45) is 0 Å². The van der Waals surface area contributed by atoms with Crippen LogP contribution in [0.4, 0.5) is 13.2 Å². The molecule has 0 radical (unpaired) electrons. The molecule has 0 spiro atoms. The normalized spacial score (nSPS) is 11.2. The van der Waals surface area contributed by atoms with Crippen LogP contribution in [0.1, 0.15) is 11.1 Å². The fraction of sp³-hybridized carbons (Fsp3) is 0.300. The van der Waals surface area contributed by atoms with E-state index >= 15 is 0 Å². The number of benzene rings is 1. The summed E-state index contributed by atoms with van der Waals surface area (Å²) in [5, 5.41) is 0. The molecule has 1 aromatic carbocycles. The summed E-state index contributed by atoms with van der Waals surface area (Å²) >= 11 is 0. The van der Waals surface area contributed by atoms with Gasteiger partial charge in [-0.15, -0.1) is 0 Å².